The molecule has 7 nitrogen and oxygen atoms in total. The minimum atomic E-state index is -0.551. The molecular formula is C21H23N3O4S. The predicted octanol–water partition coefficient (Wildman–Crippen LogP) is 3.55. The number of thioether (sulfide) groups is 1. The molecule has 0 amide bonds. The SMILES string of the molecule is CCCSc1nc2c(c(=O)[nH]1)[C@@H](c1ccc(O)c(OC)c1)C1=C(CCCC1=O)N2. The van der Waals surface area contributed by atoms with E-state index in [1.165, 1.54) is 24.9 Å². The van der Waals surface area contributed by atoms with Crippen molar-refractivity contribution >= 4 is 23.4 Å². The highest BCUT2D eigenvalue weighted by molar-refractivity contribution is 7.99. The van der Waals surface area contributed by atoms with Crippen LogP contribution in [0.25, 0.3) is 0 Å². The number of ketones is 1. The first-order valence-electron chi connectivity index (χ1n) is 9.70. The maximum atomic E-state index is 13.1. The third-order valence-electron chi connectivity index (χ3n) is 5.22. The number of anilines is 1. The standard InChI is InChI=1S/C21H23N3O4S/c1-3-9-29-21-23-19-18(20(27)24-21)16(11-7-8-13(25)15(10-11)28-2)17-12(22-19)5-4-6-14(17)26/h7-8,10,16,25H,3-6,9H2,1-2H3,(H2,22,23,24,27)/t16-/m0/s1. The maximum absolute atomic E-state index is 13.1. The molecule has 1 aromatic carbocycles. The van der Waals surface area contributed by atoms with Crippen molar-refractivity contribution in [2.45, 2.75) is 43.7 Å². The number of ether oxygens (including phenoxy) is 1. The summed E-state index contributed by atoms with van der Waals surface area (Å²) in [5, 5.41) is 13.8. The lowest BCUT2D eigenvalue weighted by atomic mass is 9.76. The molecule has 1 aromatic heterocycles. The molecule has 0 bridgehead atoms. The van der Waals surface area contributed by atoms with Crippen LogP contribution >= 0.6 is 11.8 Å². The van der Waals surface area contributed by atoms with Crippen LogP contribution in [0.3, 0.4) is 0 Å². The smallest absolute Gasteiger partial charge is 0.257 e. The van der Waals surface area contributed by atoms with Crippen LogP contribution in [0, 0.1) is 0 Å². The lowest BCUT2D eigenvalue weighted by Crippen LogP contribution is -2.32. The zero-order valence-electron chi connectivity index (χ0n) is 16.4. The second-order valence-electron chi connectivity index (χ2n) is 7.14. The molecule has 4 rings (SSSR count). The summed E-state index contributed by atoms with van der Waals surface area (Å²) in [7, 11) is 1.47. The first kappa shape index (κ1) is 19.6. The summed E-state index contributed by atoms with van der Waals surface area (Å²) in [6.45, 7) is 2.07. The van der Waals surface area contributed by atoms with Gasteiger partial charge in [-0.15, -0.1) is 0 Å². The fourth-order valence-electron chi connectivity index (χ4n) is 3.91. The molecule has 2 aromatic rings. The van der Waals surface area contributed by atoms with Crippen molar-refractivity contribution in [3.63, 3.8) is 0 Å². The van der Waals surface area contributed by atoms with Gasteiger partial charge >= 0.3 is 0 Å². The minimum Gasteiger partial charge on any atom is -0.504 e. The number of aromatic amines is 1. The molecule has 0 saturated carbocycles. The molecule has 0 fully saturated rings. The van der Waals surface area contributed by atoms with E-state index in [0.717, 1.165) is 30.7 Å². The summed E-state index contributed by atoms with van der Waals surface area (Å²) in [6, 6.07) is 4.93. The summed E-state index contributed by atoms with van der Waals surface area (Å²) < 4.78 is 5.25. The molecule has 0 saturated heterocycles. The summed E-state index contributed by atoms with van der Waals surface area (Å²) in [5.74, 6) is 1.14. The summed E-state index contributed by atoms with van der Waals surface area (Å²) >= 11 is 1.50. The van der Waals surface area contributed by atoms with Crippen LogP contribution in [0.2, 0.25) is 0 Å². The number of rotatable bonds is 5. The third-order valence-corrected chi connectivity index (χ3v) is 6.30. The monoisotopic (exact) mass is 413 g/mol. The Bertz CT molecular complexity index is 1060. The van der Waals surface area contributed by atoms with Crippen LogP contribution in [-0.2, 0) is 4.79 Å². The van der Waals surface area contributed by atoms with Crippen molar-refractivity contribution in [3.8, 4) is 11.5 Å². The highest BCUT2D eigenvalue weighted by Gasteiger charge is 2.38. The molecule has 152 valence electrons. The largest absolute Gasteiger partial charge is 0.504 e. The second kappa shape index (κ2) is 7.94. The third kappa shape index (κ3) is 3.53. The number of aromatic hydroxyl groups is 1. The van der Waals surface area contributed by atoms with Gasteiger partial charge in [0.1, 0.15) is 5.82 Å². The number of H-pyrrole nitrogens is 1. The molecule has 1 aliphatic heterocycles. The number of allylic oxidation sites excluding steroid dienone is 2. The Morgan fingerprint density at radius 3 is 2.90 bits per heavy atom. The first-order chi connectivity index (χ1) is 14.0. The van der Waals surface area contributed by atoms with E-state index >= 15 is 0 Å². The van der Waals surface area contributed by atoms with Gasteiger partial charge in [0.05, 0.1) is 12.7 Å². The van der Waals surface area contributed by atoms with Crippen molar-refractivity contribution in [1.29, 1.82) is 0 Å². The number of benzene rings is 1. The van der Waals surface area contributed by atoms with Gasteiger partial charge in [0.25, 0.3) is 5.56 Å². The number of phenolic OH excluding ortho intramolecular Hbond substituents is 1. The van der Waals surface area contributed by atoms with E-state index in [2.05, 4.69) is 22.2 Å². The van der Waals surface area contributed by atoms with Crippen molar-refractivity contribution in [3.05, 3.63) is 50.9 Å². The molecule has 2 aliphatic rings. The number of methoxy groups -OCH3 is 1. The molecule has 1 atom stereocenters. The first-order valence-corrected chi connectivity index (χ1v) is 10.7. The number of fused-ring (bicyclic) bond motifs is 1. The molecule has 8 heteroatoms. The highest BCUT2D eigenvalue weighted by atomic mass is 32.2. The average Bonchev–Trinajstić information content (AvgIpc) is 2.71. The molecular weight excluding hydrogens is 390 g/mol. The number of nitrogens with zero attached hydrogens (tertiary/aromatic N) is 1. The van der Waals surface area contributed by atoms with Gasteiger partial charge < -0.3 is 20.1 Å². The summed E-state index contributed by atoms with van der Waals surface area (Å²) in [4.78, 5) is 33.4. The predicted molar refractivity (Wildman–Crippen MR) is 112 cm³/mol. The van der Waals surface area contributed by atoms with Crippen LogP contribution in [-0.4, -0.2) is 33.7 Å². The molecule has 29 heavy (non-hydrogen) atoms. The minimum absolute atomic E-state index is 0.00734. The van der Waals surface area contributed by atoms with E-state index in [-0.39, 0.29) is 17.1 Å². The number of nitrogens with one attached hydrogen (secondary N) is 2. The zero-order valence-corrected chi connectivity index (χ0v) is 17.2. The molecule has 0 unspecified atom stereocenters. The average molecular weight is 413 g/mol. The Balaban J connectivity index is 1.91. The van der Waals surface area contributed by atoms with Gasteiger partial charge in [-0.2, -0.15) is 0 Å². The van der Waals surface area contributed by atoms with Gasteiger partial charge in [0.15, 0.2) is 22.4 Å². The fourth-order valence-corrected chi connectivity index (χ4v) is 4.63. The van der Waals surface area contributed by atoms with E-state index in [9.17, 15) is 14.7 Å². The Morgan fingerprint density at radius 1 is 1.31 bits per heavy atom. The topological polar surface area (TPSA) is 104 Å². The van der Waals surface area contributed by atoms with E-state index in [0.29, 0.717) is 39.8 Å². The van der Waals surface area contributed by atoms with Gasteiger partial charge in [0.2, 0.25) is 0 Å². The van der Waals surface area contributed by atoms with Gasteiger partial charge in [-0.05, 0) is 37.0 Å². The van der Waals surface area contributed by atoms with Gasteiger partial charge in [-0.3, -0.25) is 9.59 Å². The van der Waals surface area contributed by atoms with Crippen LogP contribution in [0.5, 0.6) is 11.5 Å². The van der Waals surface area contributed by atoms with Crippen LogP contribution in [0.1, 0.15) is 49.7 Å². The van der Waals surface area contributed by atoms with Crippen LogP contribution < -0.4 is 15.6 Å². The maximum Gasteiger partial charge on any atom is 0.257 e. The molecule has 0 radical (unpaired) electrons. The van der Waals surface area contributed by atoms with Crippen molar-refractivity contribution < 1.29 is 14.6 Å². The van der Waals surface area contributed by atoms with Gasteiger partial charge in [-0.1, -0.05) is 24.8 Å². The number of carbonyl (C=O) groups is 1. The van der Waals surface area contributed by atoms with Gasteiger partial charge in [-0.25, -0.2) is 4.98 Å². The number of carbonyl (C=O) groups excluding carboxylic acids is 1. The lowest BCUT2D eigenvalue weighted by molar-refractivity contribution is -0.116. The quantitative estimate of drug-likeness (QED) is 0.509. The van der Waals surface area contributed by atoms with Gasteiger partial charge in [0, 0.05) is 29.4 Å². The second-order valence-corrected chi connectivity index (χ2v) is 8.22. The number of phenols is 1. The highest BCUT2D eigenvalue weighted by Crippen LogP contribution is 2.44. The van der Waals surface area contributed by atoms with Crippen molar-refractivity contribution in [1.82, 2.24) is 9.97 Å². The fraction of sp³-hybridized carbons (Fsp3) is 0.381. The summed E-state index contributed by atoms with van der Waals surface area (Å²) in [5.41, 5.74) is 2.31. The Hall–Kier alpha value is -2.74. The van der Waals surface area contributed by atoms with Crippen LogP contribution in [0.4, 0.5) is 5.82 Å². The molecule has 1 aliphatic carbocycles. The molecule has 0 spiro atoms. The van der Waals surface area contributed by atoms with E-state index in [1.54, 1.807) is 12.1 Å². The normalized spacial score (nSPS) is 18.1. The molecule has 3 N–H and O–H groups in total. The Labute approximate surface area is 172 Å². The number of aromatic nitrogens is 2. The van der Waals surface area contributed by atoms with Crippen LogP contribution in [0.15, 0.2) is 39.4 Å². The zero-order chi connectivity index (χ0) is 20.5. The Kier molecular flexibility index (Phi) is 5.36. The van der Waals surface area contributed by atoms with Crippen molar-refractivity contribution in [2.24, 2.45) is 0 Å². The Morgan fingerprint density at radius 2 is 2.14 bits per heavy atom. The van der Waals surface area contributed by atoms with E-state index in [1.807, 2.05) is 0 Å². The summed E-state index contributed by atoms with van der Waals surface area (Å²) in [6.07, 6.45) is 2.93. The number of Topliss-reactive ketones (excluding diaryl/α,β-unsaturated/α-hetero) is 1. The number of hydrogen-bond donors (Lipinski definition) is 3. The van der Waals surface area contributed by atoms with E-state index in [4.69, 9.17) is 4.74 Å². The molecule has 2 heterocycles. The van der Waals surface area contributed by atoms with Crippen molar-refractivity contribution in [2.75, 3.05) is 18.2 Å². The lowest BCUT2D eigenvalue weighted by Gasteiger charge is -2.33. The van der Waals surface area contributed by atoms with E-state index < -0.39 is 5.92 Å². The number of hydrogen-bond acceptors (Lipinski definition) is 7.